The Kier molecular flexibility index (Phi) is 6.96. The van der Waals surface area contributed by atoms with Crippen LogP contribution in [0.1, 0.15) is 40.5 Å². The van der Waals surface area contributed by atoms with Crippen LogP contribution >= 0.6 is 0 Å². The lowest BCUT2D eigenvalue weighted by Gasteiger charge is -2.22. The van der Waals surface area contributed by atoms with Gasteiger partial charge in [0.15, 0.2) is 5.78 Å². The van der Waals surface area contributed by atoms with E-state index in [1.165, 1.54) is 13.8 Å². The maximum absolute atomic E-state index is 12.1. The van der Waals surface area contributed by atoms with Gasteiger partial charge in [0.25, 0.3) is 0 Å². The van der Waals surface area contributed by atoms with Gasteiger partial charge in [0.05, 0.1) is 6.04 Å². The number of rotatable bonds is 8. The van der Waals surface area contributed by atoms with E-state index in [2.05, 4.69) is 5.32 Å². The zero-order chi connectivity index (χ0) is 15.2. The Bertz CT molecular complexity index is 377. The summed E-state index contributed by atoms with van der Waals surface area (Å²) in [6.07, 6.45) is -0.229. The van der Waals surface area contributed by atoms with E-state index in [0.717, 1.165) is 0 Å². The number of hydrogen-bond donors (Lipinski definition) is 2. The molecule has 0 aliphatic rings. The fourth-order valence-corrected chi connectivity index (χ4v) is 1.81. The van der Waals surface area contributed by atoms with Crippen molar-refractivity contribution in [1.82, 2.24) is 5.32 Å². The van der Waals surface area contributed by atoms with Crippen molar-refractivity contribution in [3.8, 4) is 0 Å². The van der Waals surface area contributed by atoms with Crippen molar-refractivity contribution in [3.63, 3.8) is 0 Å². The molecule has 0 saturated heterocycles. The molecule has 6 nitrogen and oxygen atoms in total. The van der Waals surface area contributed by atoms with Gasteiger partial charge in [0.2, 0.25) is 11.8 Å². The van der Waals surface area contributed by atoms with Gasteiger partial charge in [-0.2, -0.15) is 0 Å². The summed E-state index contributed by atoms with van der Waals surface area (Å²) in [5.74, 6) is -2.23. The lowest BCUT2D eigenvalue weighted by atomic mass is 9.89. The van der Waals surface area contributed by atoms with Crippen LogP contribution in [0.5, 0.6) is 0 Å². The standard InChI is InChI=1S/C13H22N2O4/c1-7(2)13(15-9(4)17)11(18)5-10(8(3)16)6-12(14)19/h7,10,13H,5-6H2,1-4H3,(H2,14,19)(H,15,17)/t10-,13-/m0/s1. The summed E-state index contributed by atoms with van der Waals surface area (Å²) >= 11 is 0. The Balaban J connectivity index is 4.80. The van der Waals surface area contributed by atoms with Gasteiger partial charge in [-0.1, -0.05) is 13.8 Å². The Hall–Kier alpha value is -1.72. The molecule has 3 N–H and O–H groups in total. The molecule has 0 radical (unpaired) electrons. The molecule has 0 saturated carbocycles. The van der Waals surface area contributed by atoms with Crippen molar-refractivity contribution in [1.29, 1.82) is 0 Å². The second-order valence-corrected chi connectivity index (χ2v) is 5.07. The maximum Gasteiger partial charge on any atom is 0.218 e. The van der Waals surface area contributed by atoms with Crippen LogP contribution in [-0.2, 0) is 19.2 Å². The summed E-state index contributed by atoms with van der Waals surface area (Å²) in [4.78, 5) is 45.4. The number of nitrogens with one attached hydrogen (secondary N) is 1. The summed E-state index contributed by atoms with van der Waals surface area (Å²) in [6.45, 7) is 6.25. The summed E-state index contributed by atoms with van der Waals surface area (Å²) in [6, 6.07) is -0.646. The third-order valence-electron chi connectivity index (χ3n) is 2.84. The van der Waals surface area contributed by atoms with Crippen LogP contribution in [0.25, 0.3) is 0 Å². The fraction of sp³-hybridized carbons (Fsp3) is 0.692. The van der Waals surface area contributed by atoms with E-state index < -0.39 is 17.9 Å². The molecular weight excluding hydrogens is 248 g/mol. The number of primary amides is 1. The lowest BCUT2D eigenvalue weighted by Crippen LogP contribution is -2.44. The summed E-state index contributed by atoms with van der Waals surface area (Å²) in [5.41, 5.74) is 5.05. The molecule has 0 fully saturated rings. The number of carbonyl (C=O) groups is 4. The quantitative estimate of drug-likeness (QED) is 0.656. The van der Waals surface area contributed by atoms with Crippen molar-refractivity contribution >= 4 is 23.4 Å². The summed E-state index contributed by atoms with van der Waals surface area (Å²) in [5, 5.41) is 2.56. The zero-order valence-corrected chi connectivity index (χ0v) is 11.9. The predicted octanol–water partition coefficient (Wildman–Crippen LogP) is 0.187. The van der Waals surface area contributed by atoms with Crippen molar-refractivity contribution in [2.45, 2.75) is 46.6 Å². The highest BCUT2D eigenvalue weighted by atomic mass is 16.2. The first-order valence-electron chi connectivity index (χ1n) is 6.23. The number of hydrogen-bond acceptors (Lipinski definition) is 4. The van der Waals surface area contributed by atoms with E-state index in [1.807, 2.05) is 0 Å². The molecule has 0 bridgehead atoms. The van der Waals surface area contributed by atoms with Gasteiger partial charge in [0, 0.05) is 25.7 Å². The highest BCUT2D eigenvalue weighted by Gasteiger charge is 2.28. The van der Waals surface area contributed by atoms with Gasteiger partial charge in [-0.3, -0.25) is 19.2 Å². The largest absolute Gasteiger partial charge is 0.370 e. The molecule has 0 unspecified atom stereocenters. The van der Waals surface area contributed by atoms with E-state index >= 15 is 0 Å². The summed E-state index contributed by atoms with van der Waals surface area (Å²) < 4.78 is 0. The van der Waals surface area contributed by atoms with Gasteiger partial charge in [0.1, 0.15) is 5.78 Å². The lowest BCUT2D eigenvalue weighted by molar-refractivity contribution is -0.132. The van der Waals surface area contributed by atoms with Crippen LogP contribution in [0, 0.1) is 11.8 Å². The van der Waals surface area contributed by atoms with Crippen LogP contribution in [0.4, 0.5) is 0 Å². The minimum Gasteiger partial charge on any atom is -0.370 e. The fourth-order valence-electron chi connectivity index (χ4n) is 1.81. The second kappa shape index (κ2) is 7.66. The Morgan fingerprint density at radius 1 is 1.05 bits per heavy atom. The summed E-state index contributed by atoms with van der Waals surface area (Å²) in [7, 11) is 0. The minimum atomic E-state index is -0.708. The molecule has 2 atom stereocenters. The van der Waals surface area contributed by atoms with Crippen LogP contribution in [-0.4, -0.2) is 29.4 Å². The van der Waals surface area contributed by atoms with Gasteiger partial charge >= 0.3 is 0 Å². The van der Waals surface area contributed by atoms with E-state index in [-0.39, 0.29) is 36.2 Å². The van der Waals surface area contributed by atoms with Crippen LogP contribution in [0.2, 0.25) is 0 Å². The van der Waals surface area contributed by atoms with Gasteiger partial charge in [-0.25, -0.2) is 0 Å². The van der Waals surface area contributed by atoms with Crippen LogP contribution < -0.4 is 11.1 Å². The number of amides is 2. The van der Waals surface area contributed by atoms with E-state index in [9.17, 15) is 19.2 Å². The highest BCUT2D eigenvalue weighted by molar-refractivity contribution is 5.93. The molecule has 19 heavy (non-hydrogen) atoms. The molecule has 0 aliphatic heterocycles. The first kappa shape index (κ1) is 17.3. The van der Waals surface area contributed by atoms with E-state index in [0.29, 0.717) is 0 Å². The molecule has 0 spiro atoms. The molecule has 0 aromatic rings. The first-order valence-corrected chi connectivity index (χ1v) is 6.23. The van der Waals surface area contributed by atoms with Gasteiger partial charge in [-0.15, -0.1) is 0 Å². The highest BCUT2D eigenvalue weighted by Crippen LogP contribution is 2.15. The molecule has 0 aliphatic carbocycles. The van der Waals surface area contributed by atoms with Crippen LogP contribution in [0.3, 0.4) is 0 Å². The monoisotopic (exact) mass is 270 g/mol. The number of Topliss-reactive ketones (excluding diaryl/α,β-unsaturated/α-hetero) is 2. The Morgan fingerprint density at radius 3 is 1.89 bits per heavy atom. The molecule has 6 heteroatoms. The first-order chi connectivity index (χ1) is 8.65. The molecule has 0 rings (SSSR count). The number of nitrogens with two attached hydrogens (primary N) is 1. The minimum absolute atomic E-state index is 0.0819. The van der Waals surface area contributed by atoms with Gasteiger partial charge in [-0.05, 0) is 12.8 Å². The normalized spacial score (nSPS) is 13.7. The molecule has 0 aromatic carbocycles. The second-order valence-electron chi connectivity index (χ2n) is 5.07. The SMILES string of the molecule is CC(=O)N[C@H](C(=O)C[C@@H](CC(N)=O)C(C)=O)C(C)C. The molecule has 108 valence electrons. The van der Waals surface area contributed by atoms with Crippen molar-refractivity contribution in [2.75, 3.05) is 0 Å². The molecule has 2 amide bonds. The van der Waals surface area contributed by atoms with Crippen molar-refractivity contribution < 1.29 is 19.2 Å². The average Bonchev–Trinajstić information content (AvgIpc) is 2.23. The van der Waals surface area contributed by atoms with E-state index in [4.69, 9.17) is 5.73 Å². The number of ketones is 2. The molecule has 0 aromatic heterocycles. The van der Waals surface area contributed by atoms with Crippen LogP contribution in [0.15, 0.2) is 0 Å². The average molecular weight is 270 g/mol. The molecular formula is C13H22N2O4. The number of carbonyl (C=O) groups excluding carboxylic acids is 4. The Morgan fingerprint density at radius 2 is 1.58 bits per heavy atom. The van der Waals surface area contributed by atoms with Crippen molar-refractivity contribution in [2.24, 2.45) is 17.6 Å². The smallest absolute Gasteiger partial charge is 0.218 e. The third kappa shape index (κ3) is 6.69. The Labute approximate surface area is 113 Å². The third-order valence-corrected chi connectivity index (χ3v) is 2.84. The molecule has 0 heterocycles. The van der Waals surface area contributed by atoms with Gasteiger partial charge < -0.3 is 11.1 Å². The zero-order valence-electron chi connectivity index (χ0n) is 11.9. The topological polar surface area (TPSA) is 106 Å². The predicted molar refractivity (Wildman–Crippen MR) is 70.0 cm³/mol. The van der Waals surface area contributed by atoms with E-state index in [1.54, 1.807) is 13.8 Å². The van der Waals surface area contributed by atoms with Crippen molar-refractivity contribution in [3.05, 3.63) is 0 Å². The maximum atomic E-state index is 12.1.